The van der Waals surface area contributed by atoms with Crippen molar-refractivity contribution in [3.63, 3.8) is 0 Å². The Morgan fingerprint density at radius 1 is 0.720 bits per heavy atom. The Morgan fingerprint density at radius 3 is 2.12 bits per heavy atom. The number of aliphatic hydroxyl groups excluding tert-OH is 1. The van der Waals surface area contributed by atoms with Gasteiger partial charge in [0.2, 0.25) is 0 Å². The molecule has 0 aromatic heterocycles. The first-order valence-electron chi connectivity index (χ1n) is 10.3. The van der Waals surface area contributed by atoms with Gasteiger partial charge in [-0.25, -0.2) is 0 Å². The Labute approximate surface area is 154 Å². The second-order valence-electron chi connectivity index (χ2n) is 6.76. The van der Waals surface area contributed by atoms with Gasteiger partial charge in [-0.2, -0.15) is 0 Å². The summed E-state index contributed by atoms with van der Waals surface area (Å²) in [5, 5.41) is 8.68. The van der Waals surface area contributed by atoms with Gasteiger partial charge in [0, 0.05) is 26.2 Å². The maximum absolute atomic E-state index is 8.68. The van der Waals surface area contributed by atoms with Crippen molar-refractivity contribution in [2.45, 2.75) is 77.6 Å². The summed E-state index contributed by atoms with van der Waals surface area (Å²) >= 11 is 0. The Morgan fingerprint density at radius 2 is 1.40 bits per heavy atom. The van der Waals surface area contributed by atoms with E-state index >= 15 is 0 Å². The van der Waals surface area contributed by atoms with Crippen molar-refractivity contribution in [1.29, 1.82) is 0 Å². The molecular formula is C22H38O3. The zero-order valence-electron chi connectivity index (χ0n) is 16.2. The third-order valence-corrected chi connectivity index (χ3v) is 4.39. The molecule has 3 heteroatoms. The van der Waals surface area contributed by atoms with Gasteiger partial charge in [-0.1, -0.05) is 57.6 Å². The van der Waals surface area contributed by atoms with Crippen LogP contribution in [-0.2, 0) is 11.2 Å². The average molecular weight is 351 g/mol. The molecule has 1 aromatic rings. The molecule has 0 radical (unpaired) electrons. The van der Waals surface area contributed by atoms with Gasteiger partial charge in [0.1, 0.15) is 5.75 Å². The van der Waals surface area contributed by atoms with Gasteiger partial charge in [0.05, 0.1) is 6.61 Å². The monoisotopic (exact) mass is 350 g/mol. The first-order valence-corrected chi connectivity index (χ1v) is 10.3. The molecule has 0 saturated carbocycles. The number of benzene rings is 1. The van der Waals surface area contributed by atoms with Crippen molar-refractivity contribution >= 4 is 0 Å². The van der Waals surface area contributed by atoms with E-state index in [4.69, 9.17) is 14.6 Å². The summed E-state index contributed by atoms with van der Waals surface area (Å²) in [5.74, 6) is 0.948. The average Bonchev–Trinajstić information content (AvgIpc) is 2.64. The van der Waals surface area contributed by atoms with E-state index in [0.29, 0.717) is 6.61 Å². The highest BCUT2D eigenvalue weighted by Crippen LogP contribution is 2.15. The van der Waals surface area contributed by atoms with Gasteiger partial charge in [-0.05, 0) is 43.4 Å². The molecule has 0 bridgehead atoms. The van der Waals surface area contributed by atoms with Crippen LogP contribution in [0.15, 0.2) is 24.3 Å². The van der Waals surface area contributed by atoms with Crippen LogP contribution in [0.5, 0.6) is 5.75 Å². The second-order valence-corrected chi connectivity index (χ2v) is 6.76. The number of rotatable bonds is 17. The number of aliphatic hydroxyl groups is 1. The molecule has 25 heavy (non-hydrogen) atoms. The minimum atomic E-state index is 0.251. The molecule has 0 atom stereocenters. The van der Waals surface area contributed by atoms with Crippen molar-refractivity contribution < 1.29 is 14.6 Å². The SMILES string of the molecule is CCCCCCCCCc1ccc(OCCCOCCCCO)cc1. The maximum Gasteiger partial charge on any atom is 0.119 e. The van der Waals surface area contributed by atoms with Crippen LogP contribution in [0.1, 0.15) is 76.7 Å². The van der Waals surface area contributed by atoms with E-state index in [1.54, 1.807) is 0 Å². The fourth-order valence-corrected chi connectivity index (χ4v) is 2.81. The van der Waals surface area contributed by atoms with Crippen molar-refractivity contribution in [2.24, 2.45) is 0 Å². The summed E-state index contributed by atoms with van der Waals surface area (Å²) in [6.07, 6.45) is 13.3. The number of aryl methyl sites for hydroxylation is 1. The standard InChI is InChI=1S/C22H38O3/c1-2-3-4-5-6-7-8-12-21-13-15-22(16-14-21)25-20-11-19-24-18-10-9-17-23/h13-16,23H,2-12,17-20H2,1H3. The summed E-state index contributed by atoms with van der Waals surface area (Å²) in [6, 6.07) is 8.55. The number of ether oxygens (including phenoxy) is 2. The number of unbranched alkanes of at least 4 members (excludes halogenated alkanes) is 7. The predicted octanol–water partition coefficient (Wildman–Crippen LogP) is 5.54. The van der Waals surface area contributed by atoms with Gasteiger partial charge < -0.3 is 14.6 Å². The van der Waals surface area contributed by atoms with E-state index in [-0.39, 0.29) is 6.61 Å². The van der Waals surface area contributed by atoms with Crippen LogP contribution < -0.4 is 4.74 Å². The van der Waals surface area contributed by atoms with Crippen LogP contribution in [0.3, 0.4) is 0 Å². The molecule has 0 amide bonds. The molecule has 0 heterocycles. The molecule has 0 aliphatic carbocycles. The molecule has 0 aliphatic rings. The van der Waals surface area contributed by atoms with Crippen LogP contribution in [0.4, 0.5) is 0 Å². The van der Waals surface area contributed by atoms with Gasteiger partial charge in [0.15, 0.2) is 0 Å². The lowest BCUT2D eigenvalue weighted by Crippen LogP contribution is -2.04. The first-order chi connectivity index (χ1) is 12.4. The summed E-state index contributed by atoms with van der Waals surface area (Å²) in [5.41, 5.74) is 1.41. The third-order valence-electron chi connectivity index (χ3n) is 4.39. The Balaban J connectivity index is 2.00. The molecule has 144 valence electrons. The largest absolute Gasteiger partial charge is 0.494 e. The van der Waals surface area contributed by atoms with E-state index in [9.17, 15) is 0 Å². The van der Waals surface area contributed by atoms with Crippen LogP contribution in [0.2, 0.25) is 0 Å². The lowest BCUT2D eigenvalue weighted by atomic mass is 10.0. The number of hydrogen-bond donors (Lipinski definition) is 1. The molecule has 0 aliphatic heterocycles. The van der Waals surface area contributed by atoms with Crippen molar-refractivity contribution in [1.82, 2.24) is 0 Å². The smallest absolute Gasteiger partial charge is 0.119 e. The molecule has 1 N–H and O–H groups in total. The third kappa shape index (κ3) is 12.9. The van der Waals surface area contributed by atoms with Gasteiger partial charge in [-0.15, -0.1) is 0 Å². The highest BCUT2D eigenvalue weighted by molar-refractivity contribution is 5.27. The lowest BCUT2D eigenvalue weighted by molar-refractivity contribution is 0.112. The van der Waals surface area contributed by atoms with Crippen LogP contribution in [-0.4, -0.2) is 31.5 Å². The zero-order valence-corrected chi connectivity index (χ0v) is 16.2. The highest BCUT2D eigenvalue weighted by Gasteiger charge is 1.98. The van der Waals surface area contributed by atoms with Crippen molar-refractivity contribution in [3.05, 3.63) is 29.8 Å². The molecule has 1 aromatic carbocycles. The molecule has 0 saturated heterocycles. The molecule has 0 spiro atoms. The van der Waals surface area contributed by atoms with E-state index < -0.39 is 0 Å². The topological polar surface area (TPSA) is 38.7 Å². The molecule has 1 rings (SSSR count). The van der Waals surface area contributed by atoms with E-state index in [1.165, 1.54) is 56.9 Å². The minimum Gasteiger partial charge on any atom is -0.494 e. The number of hydrogen-bond acceptors (Lipinski definition) is 3. The van der Waals surface area contributed by atoms with Gasteiger partial charge >= 0.3 is 0 Å². The maximum atomic E-state index is 8.68. The van der Waals surface area contributed by atoms with Gasteiger partial charge in [0.25, 0.3) is 0 Å². The predicted molar refractivity (Wildman–Crippen MR) is 105 cm³/mol. The summed E-state index contributed by atoms with van der Waals surface area (Å²) in [4.78, 5) is 0. The summed E-state index contributed by atoms with van der Waals surface area (Å²) < 4.78 is 11.2. The quantitative estimate of drug-likeness (QED) is 0.375. The summed E-state index contributed by atoms with van der Waals surface area (Å²) in [7, 11) is 0. The fourth-order valence-electron chi connectivity index (χ4n) is 2.81. The Hall–Kier alpha value is -1.06. The normalized spacial score (nSPS) is 11.0. The van der Waals surface area contributed by atoms with Gasteiger partial charge in [-0.3, -0.25) is 0 Å². The van der Waals surface area contributed by atoms with Crippen molar-refractivity contribution in [3.8, 4) is 5.75 Å². The fraction of sp³-hybridized carbons (Fsp3) is 0.727. The van der Waals surface area contributed by atoms with E-state index in [2.05, 4.69) is 31.2 Å². The van der Waals surface area contributed by atoms with Crippen molar-refractivity contribution in [2.75, 3.05) is 26.4 Å². The van der Waals surface area contributed by atoms with E-state index in [1.807, 2.05) is 0 Å². The molecular weight excluding hydrogens is 312 g/mol. The van der Waals surface area contributed by atoms with E-state index in [0.717, 1.165) is 38.2 Å². The lowest BCUT2D eigenvalue weighted by Gasteiger charge is -2.08. The first kappa shape index (κ1) is 22.0. The Kier molecular flexibility index (Phi) is 14.4. The second kappa shape index (κ2) is 16.4. The van der Waals surface area contributed by atoms with Crippen LogP contribution in [0, 0.1) is 0 Å². The Bertz CT molecular complexity index is 389. The van der Waals surface area contributed by atoms with Crippen LogP contribution >= 0.6 is 0 Å². The minimum absolute atomic E-state index is 0.251. The molecule has 3 nitrogen and oxygen atoms in total. The zero-order chi connectivity index (χ0) is 18.0. The summed E-state index contributed by atoms with van der Waals surface area (Å²) in [6.45, 7) is 4.66. The molecule has 0 fully saturated rings. The highest BCUT2D eigenvalue weighted by atomic mass is 16.5. The molecule has 0 unspecified atom stereocenters. The van der Waals surface area contributed by atoms with Crippen LogP contribution in [0.25, 0.3) is 0 Å².